The SMILES string of the molecule is O=C(NCCCn1nc2n(c1=O)CCCC2)N[C@@H]1c2ccccc2C[C@@H]1O. The van der Waals surface area contributed by atoms with Gasteiger partial charge in [-0.3, -0.25) is 4.57 Å². The van der Waals surface area contributed by atoms with Crippen molar-refractivity contribution in [3.63, 3.8) is 0 Å². The third-order valence-electron chi connectivity index (χ3n) is 5.35. The minimum Gasteiger partial charge on any atom is -0.390 e. The Hall–Kier alpha value is -2.61. The molecule has 2 amide bonds. The number of carbonyl (C=O) groups is 1. The Kier molecular flexibility index (Phi) is 4.98. The van der Waals surface area contributed by atoms with E-state index in [2.05, 4.69) is 15.7 Å². The smallest absolute Gasteiger partial charge is 0.345 e. The molecule has 0 unspecified atom stereocenters. The third kappa shape index (κ3) is 3.62. The van der Waals surface area contributed by atoms with E-state index in [-0.39, 0.29) is 17.8 Å². The number of aryl methyl sites for hydroxylation is 2. The number of amides is 2. The maximum Gasteiger partial charge on any atom is 0.345 e. The maximum atomic E-state index is 12.3. The fourth-order valence-corrected chi connectivity index (χ4v) is 3.97. The van der Waals surface area contributed by atoms with E-state index in [1.165, 1.54) is 4.68 Å². The molecule has 0 fully saturated rings. The van der Waals surface area contributed by atoms with Gasteiger partial charge in [0, 0.05) is 32.5 Å². The van der Waals surface area contributed by atoms with Crippen molar-refractivity contribution in [3.8, 4) is 0 Å². The molecule has 2 atom stereocenters. The van der Waals surface area contributed by atoms with Gasteiger partial charge in [-0.25, -0.2) is 14.3 Å². The number of hydrogen-bond donors (Lipinski definition) is 3. The number of rotatable bonds is 5. The van der Waals surface area contributed by atoms with Gasteiger partial charge in [-0.2, -0.15) is 5.10 Å². The normalized spacial score (nSPS) is 20.8. The van der Waals surface area contributed by atoms with Gasteiger partial charge in [-0.15, -0.1) is 0 Å². The summed E-state index contributed by atoms with van der Waals surface area (Å²) in [7, 11) is 0. The van der Waals surface area contributed by atoms with E-state index >= 15 is 0 Å². The lowest BCUT2D eigenvalue weighted by atomic mass is 10.1. The van der Waals surface area contributed by atoms with Gasteiger partial charge in [0.15, 0.2) is 0 Å². The molecule has 0 bridgehead atoms. The minimum absolute atomic E-state index is 0.0557. The van der Waals surface area contributed by atoms with Crippen LogP contribution in [-0.2, 0) is 25.9 Å². The van der Waals surface area contributed by atoms with Crippen LogP contribution in [0.2, 0.25) is 0 Å². The first-order chi connectivity index (χ1) is 13.1. The molecule has 8 heteroatoms. The van der Waals surface area contributed by atoms with Gasteiger partial charge in [0.1, 0.15) is 5.82 Å². The van der Waals surface area contributed by atoms with Gasteiger partial charge >= 0.3 is 11.7 Å². The van der Waals surface area contributed by atoms with Crippen molar-refractivity contribution in [2.75, 3.05) is 6.54 Å². The average molecular weight is 371 g/mol. The average Bonchev–Trinajstić information content (AvgIpc) is 3.16. The molecular formula is C19H25N5O3. The third-order valence-corrected chi connectivity index (χ3v) is 5.35. The molecule has 4 rings (SSSR count). The number of urea groups is 1. The van der Waals surface area contributed by atoms with Crippen molar-refractivity contribution in [1.82, 2.24) is 25.0 Å². The van der Waals surface area contributed by atoms with Crippen LogP contribution < -0.4 is 16.3 Å². The van der Waals surface area contributed by atoms with E-state index in [1.54, 1.807) is 4.57 Å². The summed E-state index contributed by atoms with van der Waals surface area (Å²) in [4.78, 5) is 24.4. The number of aliphatic hydroxyl groups is 1. The first-order valence-corrected chi connectivity index (χ1v) is 9.60. The van der Waals surface area contributed by atoms with Crippen LogP contribution in [0.1, 0.15) is 42.3 Å². The number of aliphatic hydroxyl groups excluding tert-OH is 1. The van der Waals surface area contributed by atoms with E-state index in [0.717, 1.165) is 42.8 Å². The zero-order valence-corrected chi connectivity index (χ0v) is 15.2. The first-order valence-electron chi connectivity index (χ1n) is 9.60. The second-order valence-corrected chi connectivity index (χ2v) is 7.23. The summed E-state index contributed by atoms with van der Waals surface area (Å²) < 4.78 is 3.25. The molecule has 2 heterocycles. The molecule has 1 aromatic heterocycles. The number of nitrogens with zero attached hydrogens (tertiary/aromatic N) is 3. The molecule has 3 N–H and O–H groups in total. The molecular weight excluding hydrogens is 346 g/mol. The highest BCUT2D eigenvalue weighted by molar-refractivity contribution is 5.74. The summed E-state index contributed by atoms with van der Waals surface area (Å²) in [6, 6.07) is 7.05. The summed E-state index contributed by atoms with van der Waals surface area (Å²) in [5.41, 5.74) is 1.98. The fourth-order valence-electron chi connectivity index (χ4n) is 3.97. The molecule has 0 spiro atoms. The number of aromatic nitrogens is 3. The number of carbonyl (C=O) groups excluding carboxylic acids is 1. The van der Waals surface area contributed by atoms with Gasteiger partial charge in [0.2, 0.25) is 0 Å². The summed E-state index contributed by atoms with van der Waals surface area (Å²) in [6.45, 7) is 1.67. The first kappa shape index (κ1) is 17.8. The van der Waals surface area contributed by atoms with Crippen molar-refractivity contribution in [2.24, 2.45) is 0 Å². The molecule has 1 aromatic carbocycles. The lowest BCUT2D eigenvalue weighted by Gasteiger charge is -2.18. The van der Waals surface area contributed by atoms with Crippen LogP contribution in [0, 0.1) is 0 Å². The van der Waals surface area contributed by atoms with Crippen molar-refractivity contribution in [2.45, 2.75) is 57.3 Å². The Bertz CT molecular complexity index is 888. The molecule has 0 saturated heterocycles. The molecule has 0 saturated carbocycles. The van der Waals surface area contributed by atoms with Crippen LogP contribution >= 0.6 is 0 Å². The van der Waals surface area contributed by atoms with E-state index in [9.17, 15) is 14.7 Å². The Balaban J connectivity index is 1.26. The summed E-state index contributed by atoms with van der Waals surface area (Å²) in [5, 5.41) is 20.2. The van der Waals surface area contributed by atoms with E-state index in [1.807, 2.05) is 24.3 Å². The lowest BCUT2D eigenvalue weighted by Crippen LogP contribution is -2.41. The molecule has 27 heavy (non-hydrogen) atoms. The highest BCUT2D eigenvalue weighted by atomic mass is 16.3. The van der Waals surface area contributed by atoms with Gasteiger partial charge in [0.05, 0.1) is 12.1 Å². The number of hydrogen-bond acceptors (Lipinski definition) is 4. The van der Waals surface area contributed by atoms with Crippen LogP contribution in [0.4, 0.5) is 4.79 Å². The Labute approximate surface area is 157 Å². The van der Waals surface area contributed by atoms with Crippen LogP contribution in [0.3, 0.4) is 0 Å². The standard InChI is InChI=1S/C19H25N5O3/c25-15-12-13-6-1-2-7-14(13)17(15)21-18(26)20-9-5-11-24-19(27)23-10-4-3-8-16(23)22-24/h1-2,6-7,15,17,25H,3-5,8-12H2,(H2,20,21,26)/t15-,17+/m0/s1. The second kappa shape index (κ2) is 7.56. The van der Waals surface area contributed by atoms with E-state index in [0.29, 0.717) is 25.9 Å². The zero-order chi connectivity index (χ0) is 18.8. The summed E-state index contributed by atoms with van der Waals surface area (Å²) >= 11 is 0. The van der Waals surface area contributed by atoms with E-state index in [4.69, 9.17) is 0 Å². The minimum atomic E-state index is -0.608. The Morgan fingerprint density at radius 3 is 3.00 bits per heavy atom. The van der Waals surface area contributed by atoms with Crippen molar-refractivity contribution < 1.29 is 9.90 Å². The lowest BCUT2D eigenvalue weighted by molar-refractivity contribution is 0.142. The fraction of sp³-hybridized carbons (Fsp3) is 0.526. The van der Waals surface area contributed by atoms with Crippen LogP contribution in [0.25, 0.3) is 0 Å². The predicted molar refractivity (Wildman–Crippen MR) is 99.5 cm³/mol. The van der Waals surface area contributed by atoms with Gasteiger partial charge < -0.3 is 15.7 Å². The van der Waals surface area contributed by atoms with Gasteiger partial charge in [-0.1, -0.05) is 24.3 Å². The molecule has 1 aliphatic heterocycles. The molecule has 8 nitrogen and oxygen atoms in total. The van der Waals surface area contributed by atoms with E-state index < -0.39 is 6.10 Å². The van der Waals surface area contributed by atoms with Crippen molar-refractivity contribution in [1.29, 1.82) is 0 Å². The Morgan fingerprint density at radius 1 is 1.30 bits per heavy atom. The van der Waals surface area contributed by atoms with Crippen LogP contribution in [0.5, 0.6) is 0 Å². The van der Waals surface area contributed by atoms with Crippen LogP contribution in [0.15, 0.2) is 29.1 Å². The van der Waals surface area contributed by atoms with Crippen molar-refractivity contribution >= 4 is 6.03 Å². The van der Waals surface area contributed by atoms with Gasteiger partial charge in [0.25, 0.3) is 0 Å². The Morgan fingerprint density at radius 2 is 2.15 bits per heavy atom. The molecule has 144 valence electrons. The summed E-state index contributed by atoms with van der Waals surface area (Å²) in [6.07, 6.45) is 3.52. The van der Waals surface area contributed by atoms with Crippen LogP contribution in [-0.4, -0.2) is 38.1 Å². The quantitative estimate of drug-likeness (QED) is 0.675. The zero-order valence-electron chi connectivity index (χ0n) is 15.2. The molecule has 2 aromatic rings. The largest absolute Gasteiger partial charge is 0.390 e. The molecule has 2 aliphatic rings. The number of nitrogens with one attached hydrogen (secondary N) is 2. The second-order valence-electron chi connectivity index (χ2n) is 7.23. The number of benzene rings is 1. The highest BCUT2D eigenvalue weighted by Crippen LogP contribution is 2.30. The molecule has 0 radical (unpaired) electrons. The monoisotopic (exact) mass is 371 g/mol. The van der Waals surface area contributed by atoms with Gasteiger partial charge in [-0.05, 0) is 30.4 Å². The number of fused-ring (bicyclic) bond motifs is 2. The maximum absolute atomic E-state index is 12.3. The molecule has 1 aliphatic carbocycles. The van der Waals surface area contributed by atoms with Crippen molar-refractivity contribution in [3.05, 3.63) is 51.7 Å². The topological polar surface area (TPSA) is 101 Å². The predicted octanol–water partition coefficient (Wildman–Crippen LogP) is 0.729. The summed E-state index contributed by atoms with van der Waals surface area (Å²) in [5.74, 6) is 0.867. The highest BCUT2D eigenvalue weighted by Gasteiger charge is 2.31.